The first kappa shape index (κ1) is 22.1. The molecule has 4 nitrogen and oxygen atoms in total. The quantitative estimate of drug-likeness (QED) is 0.383. The van der Waals surface area contributed by atoms with Crippen LogP contribution in [0.15, 0.2) is 58.5 Å². The van der Waals surface area contributed by atoms with Gasteiger partial charge in [-0.3, -0.25) is 9.98 Å². The highest BCUT2D eigenvalue weighted by atomic mass is 35.5. The molecule has 1 atom stereocenters. The van der Waals surface area contributed by atoms with Gasteiger partial charge in [0, 0.05) is 29.0 Å². The highest BCUT2D eigenvalue weighted by Crippen LogP contribution is 2.24. The molecule has 0 heterocycles. The molecule has 0 aromatic heterocycles. The van der Waals surface area contributed by atoms with Crippen molar-refractivity contribution in [3.05, 3.63) is 69.7 Å². The average Bonchev–Trinajstić information content (AvgIpc) is 2.69. The monoisotopic (exact) mass is 418 g/mol. The second-order valence-corrected chi connectivity index (χ2v) is 7.42. The van der Waals surface area contributed by atoms with Crippen molar-refractivity contribution in [3.63, 3.8) is 0 Å². The van der Waals surface area contributed by atoms with Gasteiger partial charge in [-0.25, -0.2) is 4.79 Å². The van der Waals surface area contributed by atoms with E-state index in [-0.39, 0.29) is 0 Å². The van der Waals surface area contributed by atoms with Crippen LogP contribution in [-0.4, -0.2) is 35.6 Å². The molecule has 2 rings (SSSR count). The van der Waals surface area contributed by atoms with Crippen molar-refractivity contribution in [2.24, 2.45) is 9.98 Å². The lowest BCUT2D eigenvalue weighted by atomic mass is 9.90. The number of aliphatic carboxylic acids is 1. The Morgan fingerprint density at radius 2 is 1.50 bits per heavy atom. The van der Waals surface area contributed by atoms with Crippen molar-refractivity contribution in [1.29, 1.82) is 0 Å². The van der Waals surface area contributed by atoms with E-state index in [0.29, 0.717) is 29.4 Å². The molecule has 0 bridgehead atoms. The van der Waals surface area contributed by atoms with Gasteiger partial charge in [0.2, 0.25) is 0 Å². The smallest absolute Gasteiger partial charge is 0.331 e. The number of hydrogen-bond donors (Lipinski definition) is 1. The Labute approximate surface area is 175 Å². The van der Waals surface area contributed by atoms with E-state index in [1.807, 2.05) is 43.3 Å². The van der Waals surface area contributed by atoms with Crippen LogP contribution in [0, 0.1) is 0 Å². The number of halogens is 2. The molecular formula is C22H24Cl2N2O2. The van der Waals surface area contributed by atoms with Crippen LogP contribution in [0.1, 0.15) is 43.7 Å². The molecule has 0 aliphatic heterocycles. The summed E-state index contributed by atoms with van der Waals surface area (Å²) in [6.07, 6.45) is 5.86. The van der Waals surface area contributed by atoms with Crippen LogP contribution in [0.2, 0.25) is 10.0 Å². The first-order chi connectivity index (χ1) is 13.4. The van der Waals surface area contributed by atoms with Crippen molar-refractivity contribution in [2.45, 2.75) is 38.1 Å². The maximum atomic E-state index is 11.9. The number of carbonyl (C=O) groups is 1. The number of rotatable bonds is 10. The molecule has 0 fully saturated rings. The van der Waals surface area contributed by atoms with E-state index in [1.165, 1.54) is 0 Å². The summed E-state index contributed by atoms with van der Waals surface area (Å²) in [6, 6.07) is 14.6. The highest BCUT2D eigenvalue weighted by Gasteiger charge is 2.35. The number of benzene rings is 2. The van der Waals surface area contributed by atoms with Gasteiger partial charge < -0.3 is 5.11 Å². The van der Waals surface area contributed by atoms with Gasteiger partial charge in [0.25, 0.3) is 0 Å². The SMILES string of the molecule is CC[C@@](CCCCN=Cc1ccc(Cl)cc1)(N=Cc1ccc(Cl)cc1)C(=O)O. The lowest BCUT2D eigenvalue weighted by Crippen LogP contribution is -2.36. The number of carboxylic acid groups (broad SMARTS) is 1. The van der Waals surface area contributed by atoms with Crippen molar-refractivity contribution < 1.29 is 9.90 Å². The van der Waals surface area contributed by atoms with Crippen LogP contribution < -0.4 is 0 Å². The van der Waals surface area contributed by atoms with Crippen LogP contribution in [0.5, 0.6) is 0 Å². The minimum absolute atomic E-state index is 0.431. The van der Waals surface area contributed by atoms with Gasteiger partial charge in [-0.2, -0.15) is 0 Å². The van der Waals surface area contributed by atoms with Crippen LogP contribution in [0.25, 0.3) is 0 Å². The fourth-order valence-corrected chi connectivity index (χ4v) is 2.98. The summed E-state index contributed by atoms with van der Waals surface area (Å²) in [5, 5.41) is 11.1. The van der Waals surface area contributed by atoms with E-state index < -0.39 is 11.5 Å². The summed E-state index contributed by atoms with van der Waals surface area (Å²) in [7, 11) is 0. The van der Waals surface area contributed by atoms with Crippen molar-refractivity contribution >= 4 is 41.6 Å². The third kappa shape index (κ3) is 6.77. The van der Waals surface area contributed by atoms with Gasteiger partial charge in [0.1, 0.15) is 0 Å². The molecule has 0 saturated carbocycles. The van der Waals surface area contributed by atoms with Gasteiger partial charge in [-0.15, -0.1) is 0 Å². The van der Waals surface area contributed by atoms with Gasteiger partial charge in [-0.1, -0.05) is 54.4 Å². The third-order valence-corrected chi connectivity index (χ3v) is 5.06. The molecule has 1 N–H and O–H groups in total. The first-order valence-corrected chi connectivity index (χ1v) is 10.0. The first-order valence-electron chi connectivity index (χ1n) is 9.25. The summed E-state index contributed by atoms with van der Waals surface area (Å²) in [4.78, 5) is 20.7. The lowest BCUT2D eigenvalue weighted by molar-refractivity contribution is -0.143. The highest BCUT2D eigenvalue weighted by molar-refractivity contribution is 6.30. The van der Waals surface area contributed by atoms with Gasteiger partial charge in [0.05, 0.1) is 0 Å². The lowest BCUT2D eigenvalue weighted by Gasteiger charge is -2.23. The van der Waals surface area contributed by atoms with E-state index in [4.69, 9.17) is 23.2 Å². The Hall–Kier alpha value is -2.17. The van der Waals surface area contributed by atoms with Crippen molar-refractivity contribution in [2.75, 3.05) is 6.54 Å². The fourth-order valence-electron chi connectivity index (χ4n) is 2.73. The molecule has 6 heteroatoms. The van der Waals surface area contributed by atoms with Crippen LogP contribution in [0.3, 0.4) is 0 Å². The van der Waals surface area contributed by atoms with E-state index in [0.717, 1.165) is 24.0 Å². The molecule has 0 radical (unpaired) electrons. The molecule has 0 unspecified atom stereocenters. The zero-order valence-corrected chi connectivity index (χ0v) is 17.3. The number of carboxylic acids is 1. The largest absolute Gasteiger partial charge is 0.479 e. The van der Waals surface area contributed by atoms with Gasteiger partial charge in [-0.05, 0) is 61.1 Å². The second-order valence-electron chi connectivity index (χ2n) is 6.54. The Morgan fingerprint density at radius 1 is 0.964 bits per heavy atom. The molecule has 0 amide bonds. The van der Waals surface area contributed by atoms with Crippen molar-refractivity contribution in [3.8, 4) is 0 Å². The minimum Gasteiger partial charge on any atom is -0.479 e. The van der Waals surface area contributed by atoms with E-state index >= 15 is 0 Å². The van der Waals surface area contributed by atoms with Gasteiger partial charge in [0.15, 0.2) is 5.54 Å². The van der Waals surface area contributed by atoms with E-state index in [1.54, 1.807) is 24.6 Å². The van der Waals surface area contributed by atoms with Gasteiger partial charge >= 0.3 is 5.97 Å². The second kappa shape index (κ2) is 11.0. The van der Waals surface area contributed by atoms with Crippen LogP contribution in [-0.2, 0) is 4.79 Å². The van der Waals surface area contributed by atoms with E-state index in [9.17, 15) is 9.90 Å². The number of aliphatic imine (C=N–C) groups is 2. The Balaban J connectivity index is 1.89. The maximum absolute atomic E-state index is 11.9. The predicted molar refractivity (Wildman–Crippen MR) is 117 cm³/mol. The summed E-state index contributed by atoms with van der Waals surface area (Å²) in [5.74, 6) is -0.898. The van der Waals surface area contributed by atoms with Crippen LogP contribution in [0.4, 0.5) is 0 Å². The Kier molecular flexibility index (Phi) is 8.68. The normalized spacial score (nSPS) is 13.8. The third-order valence-electron chi connectivity index (χ3n) is 4.55. The topological polar surface area (TPSA) is 62.0 Å². The molecular weight excluding hydrogens is 395 g/mol. The summed E-state index contributed by atoms with van der Waals surface area (Å²) < 4.78 is 0. The Morgan fingerprint density at radius 3 is 2.00 bits per heavy atom. The molecule has 28 heavy (non-hydrogen) atoms. The number of nitrogens with zero attached hydrogens (tertiary/aromatic N) is 2. The van der Waals surface area contributed by atoms with Crippen LogP contribution >= 0.6 is 23.2 Å². The molecule has 0 saturated heterocycles. The zero-order chi connectivity index (χ0) is 20.4. The summed E-state index contributed by atoms with van der Waals surface area (Å²) in [5.41, 5.74) is 0.709. The molecule has 0 aliphatic carbocycles. The number of hydrogen-bond acceptors (Lipinski definition) is 3. The Bertz CT molecular complexity index is 817. The minimum atomic E-state index is -1.11. The predicted octanol–water partition coefficient (Wildman–Crippen LogP) is 5.94. The van der Waals surface area contributed by atoms with E-state index in [2.05, 4.69) is 9.98 Å². The molecule has 0 spiro atoms. The molecule has 0 aliphatic rings. The standard InChI is InChI=1S/C22H24Cl2N2O2/c1-2-22(21(27)28,26-16-18-7-11-20(24)12-8-18)13-3-4-14-25-15-17-5-9-19(23)10-6-17/h5-12,15-16H,2-4,13-14H2,1H3,(H,27,28)/t22-/m0/s1. The molecule has 2 aromatic carbocycles. The fraction of sp³-hybridized carbons (Fsp3) is 0.318. The number of unbranched alkanes of at least 4 members (excludes halogenated alkanes) is 1. The molecule has 148 valence electrons. The molecule has 2 aromatic rings. The summed E-state index contributed by atoms with van der Waals surface area (Å²) in [6.45, 7) is 2.49. The van der Waals surface area contributed by atoms with Crippen molar-refractivity contribution in [1.82, 2.24) is 0 Å². The summed E-state index contributed by atoms with van der Waals surface area (Å²) >= 11 is 11.7. The average molecular weight is 419 g/mol. The zero-order valence-electron chi connectivity index (χ0n) is 15.8. The maximum Gasteiger partial charge on any atom is 0.331 e.